The van der Waals surface area contributed by atoms with Gasteiger partial charge in [0.05, 0.1) is 0 Å². The lowest BCUT2D eigenvalue weighted by Crippen LogP contribution is -2.06. The first-order valence-corrected chi connectivity index (χ1v) is 9.85. The number of aliphatic imine (C=N–C) groups is 1. The highest BCUT2D eigenvalue weighted by molar-refractivity contribution is 6.04. The highest BCUT2D eigenvalue weighted by Crippen LogP contribution is 2.20. The second-order valence-electron chi connectivity index (χ2n) is 7.60. The van der Waals surface area contributed by atoms with Crippen molar-refractivity contribution in [2.75, 3.05) is 6.54 Å². The van der Waals surface area contributed by atoms with E-state index in [0.717, 1.165) is 11.1 Å². The number of nitrogens with one attached hydrogen (secondary N) is 1. The summed E-state index contributed by atoms with van der Waals surface area (Å²) in [6.45, 7) is 8.62. The maximum atomic E-state index is 10.9. The zero-order valence-electron chi connectivity index (χ0n) is 17.5. The van der Waals surface area contributed by atoms with Gasteiger partial charge >= 0.3 is 11.7 Å². The number of H-pyrrole nitrogens is 1. The number of aromatic amines is 1. The molecule has 7 heteroatoms. The van der Waals surface area contributed by atoms with E-state index in [2.05, 4.69) is 53.4 Å². The van der Waals surface area contributed by atoms with E-state index in [1.807, 2.05) is 42.5 Å². The summed E-state index contributed by atoms with van der Waals surface area (Å²) < 4.78 is 9.45. The quantitative estimate of drug-likeness (QED) is 0.602. The van der Waals surface area contributed by atoms with Crippen LogP contribution in [-0.2, 0) is 9.53 Å². The van der Waals surface area contributed by atoms with E-state index in [0.29, 0.717) is 23.6 Å². The minimum atomic E-state index is -0.528. The molecule has 2 aromatic carbocycles. The highest BCUT2D eigenvalue weighted by atomic mass is 16.6. The van der Waals surface area contributed by atoms with Gasteiger partial charge in [0, 0.05) is 11.1 Å². The molecule has 3 aromatic rings. The van der Waals surface area contributed by atoms with Crippen LogP contribution in [0.1, 0.15) is 63.6 Å². The first-order chi connectivity index (χ1) is 14.3. The molecule has 1 aliphatic heterocycles. The van der Waals surface area contributed by atoms with Gasteiger partial charge in [0.25, 0.3) is 0 Å². The van der Waals surface area contributed by atoms with Crippen LogP contribution in [0.3, 0.4) is 0 Å². The van der Waals surface area contributed by atoms with Crippen LogP contribution < -0.4 is 5.76 Å². The third-order valence-electron chi connectivity index (χ3n) is 4.63. The van der Waals surface area contributed by atoms with Crippen LogP contribution >= 0.6 is 0 Å². The van der Waals surface area contributed by atoms with Gasteiger partial charge in [0.2, 0.25) is 5.90 Å². The number of hydrogen-bond donors (Lipinski definition) is 1. The highest BCUT2D eigenvalue weighted by Gasteiger charge is 2.18. The van der Waals surface area contributed by atoms with Crippen LogP contribution in [0.2, 0.25) is 0 Å². The Bertz CT molecular complexity index is 1110. The van der Waals surface area contributed by atoms with E-state index in [-0.39, 0.29) is 19.9 Å². The van der Waals surface area contributed by atoms with E-state index >= 15 is 0 Å². The second-order valence-corrected chi connectivity index (χ2v) is 7.60. The number of aromatic nitrogens is 2. The van der Waals surface area contributed by atoms with Gasteiger partial charge in [-0.15, -0.1) is 0 Å². The van der Waals surface area contributed by atoms with Crippen molar-refractivity contribution in [2.45, 2.75) is 47.0 Å². The average Bonchev–Trinajstić information content (AvgIpc) is 3.37. The van der Waals surface area contributed by atoms with Crippen molar-refractivity contribution in [3.8, 4) is 11.4 Å². The summed E-state index contributed by atoms with van der Waals surface area (Å²) in [6.07, 6.45) is 0. The van der Waals surface area contributed by atoms with Crippen molar-refractivity contribution in [1.29, 1.82) is 0 Å². The maximum absolute atomic E-state index is 10.9. The number of benzene rings is 2. The van der Waals surface area contributed by atoms with Gasteiger partial charge < -0.3 is 4.74 Å². The third kappa shape index (κ3) is 6.25. The maximum Gasteiger partial charge on any atom is 0.439 e. The molecule has 7 nitrogen and oxygen atoms in total. The Morgan fingerprint density at radius 3 is 1.97 bits per heavy atom. The lowest BCUT2D eigenvalue weighted by molar-refractivity contribution is -0.132. The molecular weight excluding hydrogens is 394 g/mol. The molecule has 0 aliphatic carbocycles. The second kappa shape index (κ2) is 10.5. The molecule has 0 atom stereocenters. The Morgan fingerprint density at radius 1 is 0.903 bits per heavy atom. The minimum Gasteiger partial charge on any atom is -0.406 e. The van der Waals surface area contributed by atoms with Crippen molar-refractivity contribution >= 4 is 11.9 Å². The normalized spacial score (nSPS) is 12.7. The molecule has 0 unspecified atom stereocenters. The zero-order chi connectivity index (χ0) is 21.7. The van der Waals surface area contributed by atoms with Crippen molar-refractivity contribution in [2.24, 2.45) is 4.99 Å². The van der Waals surface area contributed by atoms with Gasteiger partial charge in [-0.1, -0.05) is 70.6 Å². The first-order valence-electron chi connectivity index (χ1n) is 9.85. The molecule has 1 aliphatic rings. The van der Waals surface area contributed by atoms with Gasteiger partial charge in [-0.2, -0.15) is 0 Å². The van der Waals surface area contributed by atoms with E-state index in [1.54, 1.807) is 0 Å². The van der Waals surface area contributed by atoms with Gasteiger partial charge in [-0.3, -0.25) is 9.51 Å². The number of hydrogen-bond acceptors (Lipinski definition) is 6. The van der Waals surface area contributed by atoms with Gasteiger partial charge in [-0.25, -0.2) is 14.6 Å². The average molecular weight is 424 g/mol. The topological polar surface area (TPSA) is 97.5 Å². The fraction of sp³-hybridized carbons (Fsp3) is 0.333. The number of rotatable bonds is 4. The molecule has 0 bridgehead atoms. The van der Waals surface area contributed by atoms with E-state index in [1.165, 1.54) is 11.1 Å². The lowest BCUT2D eigenvalue weighted by Gasteiger charge is -2.07. The van der Waals surface area contributed by atoms with Crippen LogP contribution in [0.4, 0.5) is 0 Å². The molecule has 0 fully saturated rings. The molecule has 0 saturated carbocycles. The van der Waals surface area contributed by atoms with E-state index in [9.17, 15) is 9.59 Å². The third-order valence-corrected chi connectivity index (χ3v) is 4.63. The predicted octanol–water partition coefficient (Wildman–Crippen LogP) is 4.90. The summed E-state index contributed by atoms with van der Waals surface area (Å²) in [5.41, 5.74) is 4.17. The Kier molecular flexibility index (Phi) is 8.07. The Labute approximate surface area is 182 Å². The van der Waals surface area contributed by atoms with E-state index < -0.39 is 5.76 Å². The summed E-state index contributed by atoms with van der Waals surface area (Å²) in [5, 5.41) is 3.64. The summed E-state index contributed by atoms with van der Waals surface area (Å²) in [5.74, 6) is 1.02. The summed E-state index contributed by atoms with van der Waals surface area (Å²) in [4.78, 5) is 28.3. The Balaban J connectivity index is 0.000000213. The van der Waals surface area contributed by atoms with Crippen LogP contribution in [0.5, 0.6) is 0 Å². The largest absolute Gasteiger partial charge is 0.439 e. The number of carbonyl (C=O) groups excluding carboxylic acids is 1. The van der Waals surface area contributed by atoms with Crippen LogP contribution in [0, 0.1) is 0 Å². The van der Waals surface area contributed by atoms with Crippen molar-refractivity contribution < 1.29 is 14.1 Å². The molecule has 164 valence electrons. The van der Waals surface area contributed by atoms with Crippen molar-refractivity contribution in [1.82, 2.24) is 10.1 Å². The van der Waals surface area contributed by atoms with Gasteiger partial charge in [0.1, 0.15) is 6.54 Å². The van der Waals surface area contributed by atoms with Crippen molar-refractivity contribution in [3.05, 3.63) is 75.8 Å². The summed E-state index contributed by atoms with van der Waals surface area (Å²) >= 11 is 0. The van der Waals surface area contributed by atoms with Gasteiger partial charge in [-0.05, 0) is 41.2 Å². The van der Waals surface area contributed by atoms with E-state index in [4.69, 9.17) is 4.74 Å². The smallest absolute Gasteiger partial charge is 0.406 e. The zero-order valence-corrected chi connectivity index (χ0v) is 17.5. The molecule has 31 heavy (non-hydrogen) atoms. The number of carbonyl (C=O) groups is 1. The Morgan fingerprint density at radius 2 is 1.48 bits per heavy atom. The molecule has 0 spiro atoms. The molecule has 1 aromatic heterocycles. The minimum absolute atomic E-state index is 0. The molecule has 0 saturated heterocycles. The molecule has 1 N–H and O–H groups in total. The van der Waals surface area contributed by atoms with Gasteiger partial charge in [0.15, 0.2) is 5.82 Å². The van der Waals surface area contributed by atoms with Crippen LogP contribution in [-0.4, -0.2) is 28.6 Å². The SMILES string of the molecule is C.CC(C)c1cccc(-c2noc(=O)[nH]2)c1.CC(C)c1cccc(C2=NCC(=O)O2)c1. The summed E-state index contributed by atoms with van der Waals surface area (Å²) in [7, 11) is 0. The number of cyclic esters (lactones) is 1. The fourth-order valence-electron chi connectivity index (χ4n) is 2.89. The molecule has 4 rings (SSSR count). The fourth-order valence-corrected chi connectivity index (χ4v) is 2.89. The number of nitrogens with zero attached hydrogens (tertiary/aromatic N) is 2. The first kappa shape index (κ1) is 23.8. The lowest BCUT2D eigenvalue weighted by atomic mass is 10.0. The summed E-state index contributed by atoms with van der Waals surface area (Å²) in [6, 6.07) is 15.8. The monoisotopic (exact) mass is 423 g/mol. The molecule has 0 radical (unpaired) electrons. The predicted molar refractivity (Wildman–Crippen MR) is 121 cm³/mol. The molecule has 0 amide bonds. The standard InChI is InChI=1S/C12H13NO2.C11H12N2O2.CH4/c1-8(2)9-4-3-5-10(6-9)12-13-7-11(14)15-12;1-7(2)8-4-3-5-9(6-8)10-12-11(14)15-13-10;/h3-6,8H,7H2,1-2H3;3-7H,1-2H3,(H,12,13,14);1H4. The van der Waals surface area contributed by atoms with Crippen LogP contribution in [0.15, 0.2) is 62.8 Å². The van der Waals surface area contributed by atoms with Crippen LogP contribution in [0.25, 0.3) is 11.4 Å². The molecule has 2 heterocycles. The Hall–Kier alpha value is -3.48. The number of ether oxygens (including phenoxy) is 1. The van der Waals surface area contributed by atoms with Crippen molar-refractivity contribution in [3.63, 3.8) is 0 Å². The molecular formula is C24H29N3O4. The number of esters is 1.